The van der Waals surface area contributed by atoms with Crippen LogP contribution in [0, 0.1) is 0 Å². The standard InChI is InChI=1S/C12H19F2NO3/c1-11(2)7-15(10(16)4-12(3,13)14)8-5-17-6-9(8)18-11/h8-9H,4-7H2,1-3H3/t8-,9-/m1/s1. The lowest BCUT2D eigenvalue weighted by molar-refractivity contribution is -0.173. The summed E-state index contributed by atoms with van der Waals surface area (Å²) < 4.78 is 37.0. The monoisotopic (exact) mass is 263 g/mol. The number of rotatable bonds is 2. The smallest absolute Gasteiger partial charge is 0.254 e. The number of alkyl halides is 2. The fraction of sp³-hybridized carbons (Fsp3) is 0.917. The Morgan fingerprint density at radius 2 is 2.11 bits per heavy atom. The van der Waals surface area contributed by atoms with Gasteiger partial charge in [-0.3, -0.25) is 4.79 Å². The third-order valence-corrected chi connectivity index (χ3v) is 3.20. The van der Waals surface area contributed by atoms with Crippen LogP contribution in [0.4, 0.5) is 8.78 Å². The van der Waals surface area contributed by atoms with Crippen molar-refractivity contribution in [2.45, 2.75) is 50.9 Å². The number of carbonyl (C=O) groups excluding carboxylic acids is 1. The van der Waals surface area contributed by atoms with Crippen LogP contribution in [0.2, 0.25) is 0 Å². The number of halogens is 2. The molecule has 2 aliphatic heterocycles. The molecule has 0 aliphatic carbocycles. The molecule has 2 heterocycles. The zero-order valence-corrected chi connectivity index (χ0v) is 10.9. The highest BCUT2D eigenvalue weighted by atomic mass is 19.3. The van der Waals surface area contributed by atoms with Gasteiger partial charge in [0.05, 0.1) is 31.3 Å². The Hall–Kier alpha value is -0.750. The van der Waals surface area contributed by atoms with Crippen LogP contribution in [0.5, 0.6) is 0 Å². The SMILES string of the molecule is CC(F)(F)CC(=O)N1CC(C)(C)O[C@@H]2COC[C@H]21. The number of morpholine rings is 1. The second-order valence-electron chi connectivity index (χ2n) is 5.79. The number of hydrogen-bond acceptors (Lipinski definition) is 3. The first kappa shape index (κ1) is 13.7. The first-order chi connectivity index (χ1) is 8.18. The largest absolute Gasteiger partial charge is 0.376 e. The number of fused-ring (bicyclic) bond motifs is 1. The lowest BCUT2D eigenvalue weighted by atomic mass is 10.00. The highest BCUT2D eigenvalue weighted by Crippen LogP contribution is 2.31. The summed E-state index contributed by atoms with van der Waals surface area (Å²) in [6.45, 7) is 5.57. The molecule has 2 atom stereocenters. The quantitative estimate of drug-likeness (QED) is 0.756. The third kappa shape index (κ3) is 2.98. The highest BCUT2D eigenvalue weighted by molar-refractivity contribution is 5.77. The second kappa shape index (κ2) is 4.42. The zero-order chi connectivity index (χ0) is 13.6. The van der Waals surface area contributed by atoms with E-state index in [1.807, 2.05) is 13.8 Å². The maximum atomic E-state index is 13.0. The number of nitrogens with zero attached hydrogens (tertiary/aromatic N) is 1. The molecule has 0 bridgehead atoms. The van der Waals surface area contributed by atoms with E-state index in [2.05, 4.69) is 0 Å². The van der Waals surface area contributed by atoms with Crippen molar-refractivity contribution in [1.29, 1.82) is 0 Å². The van der Waals surface area contributed by atoms with Crippen LogP contribution in [0.1, 0.15) is 27.2 Å². The minimum absolute atomic E-state index is 0.205. The Labute approximate surface area is 105 Å². The number of amides is 1. The van der Waals surface area contributed by atoms with E-state index in [4.69, 9.17) is 9.47 Å². The molecule has 0 unspecified atom stereocenters. The third-order valence-electron chi connectivity index (χ3n) is 3.20. The average molecular weight is 263 g/mol. The van der Waals surface area contributed by atoms with Gasteiger partial charge in [0.25, 0.3) is 5.92 Å². The molecule has 1 amide bonds. The summed E-state index contributed by atoms with van der Waals surface area (Å²) in [7, 11) is 0. The fourth-order valence-electron chi connectivity index (χ4n) is 2.54. The highest BCUT2D eigenvalue weighted by Gasteiger charge is 2.46. The molecule has 0 radical (unpaired) electrons. The minimum atomic E-state index is -2.98. The molecular weight excluding hydrogens is 244 g/mol. The van der Waals surface area contributed by atoms with Crippen molar-refractivity contribution >= 4 is 5.91 Å². The van der Waals surface area contributed by atoms with E-state index < -0.39 is 23.9 Å². The van der Waals surface area contributed by atoms with Gasteiger partial charge in [-0.05, 0) is 20.8 Å². The molecule has 2 fully saturated rings. The Morgan fingerprint density at radius 3 is 2.72 bits per heavy atom. The van der Waals surface area contributed by atoms with Gasteiger partial charge < -0.3 is 14.4 Å². The second-order valence-corrected chi connectivity index (χ2v) is 5.79. The molecule has 0 aromatic heterocycles. The van der Waals surface area contributed by atoms with Crippen LogP contribution in [-0.4, -0.2) is 54.2 Å². The van der Waals surface area contributed by atoms with E-state index in [9.17, 15) is 13.6 Å². The van der Waals surface area contributed by atoms with Gasteiger partial charge in [-0.25, -0.2) is 8.78 Å². The van der Waals surface area contributed by atoms with E-state index in [0.29, 0.717) is 19.8 Å². The minimum Gasteiger partial charge on any atom is -0.376 e. The van der Waals surface area contributed by atoms with Crippen molar-refractivity contribution in [1.82, 2.24) is 4.90 Å². The van der Waals surface area contributed by atoms with Crippen LogP contribution in [0.25, 0.3) is 0 Å². The van der Waals surface area contributed by atoms with Gasteiger partial charge >= 0.3 is 0 Å². The van der Waals surface area contributed by atoms with Crippen LogP contribution in [0.3, 0.4) is 0 Å². The molecule has 0 aromatic rings. The van der Waals surface area contributed by atoms with E-state index in [-0.39, 0.29) is 12.1 Å². The van der Waals surface area contributed by atoms with Crippen LogP contribution in [0.15, 0.2) is 0 Å². The van der Waals surface area contributed by atoms with Gasteiger partial charge in [0, 0.05) is 6.54 Å². The Bertz CT molecular complexity index is 341. The summed E-state index contributed by atoms with van der Waals surface area (Å²) in [5.74, 6) is -3.51. The summed E-state index contributed by atoms with van der Waals surface area (Å²) in [6, 6.07) is -0.229. The fourth-order valence-corrected chi connectivity index (χ4v) is 2.54. The molecule has 0 N–H and O–H groups in total. The molecular formula is C12H19F2NO3. The molecule has 6 heteroatoms. The Morgan fingerprint density at radius 1 is 1.44 bits per heavy atom. The van der Waals surface area contributed by atoms with Crippen molar-refractivity contribution in [3.8, 4) is 0 Å². The molecule has 0 spiro atoms. The zero-order valence-electron chi connectivity index (χ0n) is 10.9. The summed E-state index contributed by atoms with van der Waals surface area (Å²) in [5.41, 5.74) is -0.520. The predicted molar refractivity (Wildman–Crippen MR) is 60.5 cm³/mol. The number of hydrogen-bond donors (Lipinski definition) is 0. The van der Waals surface area contributed by atoms with Crippen molar-refractivity contribution in [3.05, 3.63) is 0 Å². The van der Waals surface area contributed by atoms with E-state index in [1.165, 1.54) is 4.90 Å². The van der Waals surface area contributed by atoms with Gasteiger partial charge in [0.1, 0.15) is 6.10 Å². The Balaban J connectivity index is 2.12. The lowest BCUT2D eigenvalue weighted by Crippen LogP contribution is -2.60. The van der Waals surface area contributed by atoms with Crippen LogP contribution >= 0.6 is 0 Å². The number of carbonyl (C=O) groups is 1. The van der Waals surface area contributed by atoms with E-state index in [0.717, 1.165) is 6.92 Å². The molecule has 2 rings (SSSR count). The van der Waals surface area contributed by atoms with Crippen molar-refractivity contribution in [3.63, 3.8) is 0 Å². The van der Waals surface area contributed by atoms with E-state index in [1.54, 1.807) is 0 Å². The van der Waals surface area contributed by atoms with Crippen LogP contribution < -0.4 is 0 Å². The van der Waals surface area contributed by atoms with Gasteiger partial charge in [0.2, 0.25) is 5.91 Å². The summed E-state index contributed by atoms with van der Waals surface area (Å²) in [4.78, 5) is 13.5. The predicted octanol–water partition coefficient (Wildman–Crippen LogP) is 1.44. The number of ether oxygens (including phenoxy) is 2. The maximum absolute atomic E-state index is 13.0. The Kier molecular flexibility index (Phi) is 3.36. The molecule has 0 saturated carbocycles. The van der Waals surface area contributed by atoms with Crippen molar-refractivity contribution in [2.24, 2.45) is 0 Å². The molecule has 0 aromatic carbocycles. The normalized spacial score (nSPS) is 31.3. The molecule has 2 aliphatic rings. The van der Waals surface area contributed by atoms with Gasteiger partial charge in [-0.1, -0.05) is 0 Å². The molecule has 104 valence electrons. The average Bonchev–Trinajstić information content (AvgIpc) is 2.59. The molecule has 4 nitrogen and oxygen atoms in total. The topological polar surface area (TPSA) is 38.8 Å². The van der Waals surface area contributed by atoms with E-state index >= 15 is 0 Å². The van der Waals surface area contributed by atoms with Crippen LogP contribution in [-0.2, 0) is 14.3 Å². The van der Waals surface area contributed by atoms with Gasteiger partial charge in [-0.2, -0.15) is 0 Å². The van der Waals surface area contributed by atoms with Crippen molar-refractivity contribution < 1.29 is 23.0 Å². The summed E-state index contributed by atoms with van der Waals surface area (Å²) >= 11 is 0. The first-order valence-corrected chi connectivity index (χ1v) is 6.11. The van der Waals surface area contributed by atoms with Gasteiger partial charge in [0.15, 0.2) is 0 Å². The first-order valence-electron chi connectivity index (χ1n) is 6.11. The lowest BCUT2D eigenvalue weighted by Gasteiger charge is -2.45. The summed E-state index contributed by atoms with van der Waals surface area (Å²) in [5, 5.41) is 0. The molecule has 18 heavy (non-hydrogen) atoms. The van der Waals surface area contributed by atoms with Crippen molar-refractivity contribution in [2.75, 3.05) is 19.8 Å². The molecule has 2 saturated heterocycles. The maximum Gasteiger partial charge on any atom is 0.254 e. The summed E-state index contributed by atoms with van der Waals surface area (Å²) in [6.07, 6.45) is -0.963. The van der Waals surface area contributed by atoms with Gasteiger partial charge in [-0.15, -0.1) is 0 Å².